The molecule has 0 aromatic heterocycles. The molecule has 2 N–H and O–H groups in total. The van der Waals surface area contributed by atoms with E-state index in [9.17, 15) is 5.11 Å². The predicted molar refractivity (Wildman–Crippen MR) is 63.9 cm³/mol. The van der Waals surface area contributed by atoms with E-state index in [0.29, 0.717) is 12.3 Å². The van der Waals surface area contributed by atoms with Crippen LogP contribution < -0.4 is 14.8 Å². The average molecular weight is 288 g/mol. The van der Waals surface area contributed by atoms with Crippen molar-refractivity contribution in [3.8, 4) is 11.5 Å². The lowest BCUT2D eigenvalue weighted by atomic mass is 10.0. The van der Waals surface area contributed by atoms with Crippen molar-refractivity contribution >= 4 is 15.9 Å². The van der Waals surface area contributed by atoms with Crippen molar-refractivity contribution in [2.24, 2.45) is 0 Å². The van der Waals surface area contributed by atoms with Crippen molar-refractivity contribution in [3.63, 3.8) is 0 Å². The highest BCUT2D eigenvalue weighted by molar-refractivity contribution is 9.10. The van der Waals surface area contributed by atoms with Crippen molar-refractivity contribution in [1.82, 2.24) is 5.32 Å². The van der Waals surface area contributed by atoms with E-state index in [1.165, 1.54) is 0 Å². The number of halogens is 1. The molecule has 88 valence electrons. The van der Waals surface area contributed by atoms with E-state index in [4.69, 9.17) is 9.47 Å². The van der Waals surface area contributed by atoms with E-state index < -0.39 is 6.10 Å². The Morgan fingerprint density at radius 2 is 2.31 bits per heavy atom. The first-order valence-corrected chi connectivity index (χ1v) is 5.85. The summed E-state index contributed by atoms with van der Waals surface area (Å²) in [5.74, 6) is 1.40. The molecule has 1 aromatic carbocycles. The summed E-state index contributed by atoms with van der Waals surface area (Å²) in [6.07, 6.45) is -0.546. The summed E-state index contributed by atoms with van der Waals surface area (Å²) in [5.41, 5.74) is 1.83. The van der Waals surface area contributed by atoms with Gasteiger partial charge in [-0.05, 0) is 47.1 Å². The van der Waals surface area contributed by atoms with Gasteiger partial charge in [-0.1, -0.05) is 0 Å². The zero-order valence-electron chi connectivity index (χ0n) is 9.21. The number of benzene rings is 1. The second-order valence-corrected chi connectivity index (χ2v) is 4.51. The molecule has 2 rings (SSSR count). The third-order valence-electron chi connectivity index (χ3n) is 2.65. The number of aliphatic hydroxyl groups is 1. The second kappa shape index (κ2) is 4.61. The molecule has 1 unspecified atom stereocenters. The van der Waals surface area contributed by atoms with Crippen LogP contribution >= 0.6 is 15.9 Å². The zero-order chi connectivity index (χ0) is 11.7. The Morgan fingerprint density at radius 1 is 1.56 bits per heavy atom. The first-order valence-electron chi connectivity index (χ1n) is 5.06. The normalized spacial score (nSPS) is 15.2. The number of hydrogen-bond donors (Lipinski definition) is 2. The molecule has 16 heavy (non-hydrogen) atoms. The van der Waals surface area contributed by atoms with Gasteiger partial charge in [0.2, 0.25) is 6.79 Å². The summed E-state index contributed by atoms with van der Waals surface area (Å²) < 4.78 is 11.5. The van der Waals surface area contributed by atoms with E-state index in [0.717, 1.165) is 21.3 Å². The smallest absolute Gasteiger partial charge is 0.231 e. The van der Waals surface area contributed by atoms with Crippen LogP contribution in [-0.2, 0) is 0 Å². The number of likely N-dealkylation sites (N-methyl/N-ethyl adjacent to an activating group) is 1. The van der Waals surface area contributed by atoms with Crippen molar-refractivity contribution in [1.29, 1.82) is 0 Å². The van der Waals surface area contributed by atoms with Crippen LogP contribution in [0.25, 0.3) is 0 Å². The molecule has 0 bridgehead atoms. The quantitative estimate of drug-likeness (QED) is 0.889. The lowest BCUT2D eigenvalue weighted by molar-refractivity contribution is 0.171. The number of nitrogens with one attached hydrogen (secondary N) is 1. The van der Waals surface area contributed by atoms with Crippen LogP contribution in [0.1, 0.15) is 17.2 Å². The predicted octanol–water partition coefficient (Wildman–Crippen LogP) is 1.74. The number of rotatable bonds is 3. The molecular weight excluding hydrogens is 274 g/mol. The van der Waals surface area contributed by atoms with Gasteiger partial charge in [-0.2, -0.15) is 0 Å². The fraction of sp³-hybridized carbons (Fsp3) is 0.455. The van der Waals surface area contributed by atoms with Crippen molar-refractivity contribution in [2.75, 3.05) is 20.4 Å². The number of ether oxygens (including phenoxy) is 2. The Balaban J connectivity index is 2.43. The van der Waals surface area contributed by atoms with Crippen LogP contribution in [0, 0.1) is 6.92 Å². The van der Waals surface area contributed by atoms with Crippen LogP contribution in [0.15, 0.2) is 10.5 Å². The molecule has 1 heterocycles. The molecule has 1 aliphatic heterocycles. The van der Waals surface area contributed by atoms with Crippen LogP contribution in [0.4, 0.5) is 0 Å². The largest absolute Gasteiger partial charge is 0.454 e. The molecule has 1 atom stereocenters. The maximum Gasteiger partial charge on any atom is 0.231 e. The van der Waals surface area contributed by atoms with Crippen molar-refractivity contribution < 1.29 is 14.6 Å². The number of aliphatic hydroxyl groups excluding tert-OH is 1. The Labute approximate surface area is 103 Å². The van der Waals surface area contributed by atoms with E-state index in [-0.39, 0.29) is 6.79 Å². The van der Waals surface area contributed by atoms with Crippen LogP contribution in [0.5, 0.6) is 11.5 Å². The van der Waals surface area contributed by atoms with Crippen molar-refractivity contribution in [2.45, 2.75) is 13.0 Å². The molecule has 1 aliphatic rings. The Hall–Kier alpha value is -0.780. The molecule has 0 saturated heterocycles. The third kappa shape index (κ3) is 1.90. The molecule has 0 radical (unpaired) electrons. The van der Waals surface area contributed by atoms with E-state index >= 15 is 0 Å². The van der Waals surface area contributed by atoms with E-state index in [1.807, 2.05) is 13.0 Å². The lowest BCUT2D eigenvalue weighted by Crippen LogP contribution is -2.17. The lowest BCUT2D eigenvalue weighted by Gasteiger charge is -2.15. The molecule has 0 amide bonds. The average Bonchev–Trinajstić information content (AvgIpc) is 2.71. The number of fused-ring (bicyclic) bond motifs is 1. The minimum atomic E-state index is -0.546. The van der Waals surface area contributed by atoms with Crippen LogP contribution in [0.3, 0.4) is 0 Å². The maximum atomic E-state index is 9.98. The Morgan fingerprint density at radius 3 is 3.00 bits per heavy atom. The molecule has 0 fully saturated rings. The molecule has 0 aliphatic carbocycles. The molecule has 1 aromatic rings. The van der Waals surface area contributed by atoms with Gasteiger partial charge < -0.3 is 19.9 Å². The summed E-state index contributed by atoms with van der Waals surface area (Å²) >= 11 is 3.46. The molecule has 4 nitrogen and oxygen atoms in total. The molecule has 0 spiro atoms. The van der Waals surface area contributed by atoms with E-state index in [1.54, 1.807) is 7.05 Å². The van der Waals surface area contributed by atoms with Gasteiger partial charge >= 0.3 is 0 Å². The summed E-state index contributed by atoms with van der Waals surface area (Å²) in [4.78, 5) is 0. The van der Waals surface area contributed by atoms with Crippen LogP contribution in [-0.4, -0.2) is 25.5 Å². The third-order valence-corrected chi connectivity index (χ3v) is 3.60. The molecular formula is C11H14BrNO3. The highest BCUT2D eigenvalue weighted by atomic mass is 79.9. The minimum Gasteiger partial charge on any atom is -0.454 e. The first kappa shape index (κ1) is 11.7. The Bertz CT molecular complexity index is 409. The fourth-order valence-corrected chi connectivity index (χ4v) is 2.30. The van der Waals surface area contributed by atoms with Gasteiger partial charge in [-0.3, -0.25) is 0 Å². The highest BCUT2D eigenvalue weighted by Gasteiger charge is 2.23. The van der Waals surface area contributed by atoms with Gasteiger partial charge in [-0.15, -0.1) is 0 Å². The van der Waals surface area contributed by atoms with Gasteiger partial charge in [0, 0.05) is 6.54 Å². The van der Waals surface area contributed by atoms with Gasteiger partial charge in [0.25, 0.3) is 0 Å². The summed E-state index contributed by atoms with van der Waals surface area (Å²) in [6, 6.07) is 1.84. The summed E-state index contributed by atoms with van der Waals surface area (Å²) in [7, 11) is 1.81. The monoisotopic (exact) mass is 287 g/mol. The van der Waals surface area contributed by atoms with E-state index in [2.05, 4.69) is 21.2 Å². The first-order chi connectivity index (χ1) is 7.65. The fourth-order valence-electron chi connectivity index (χ4n) is 1.76. The Kier molecular flexibility index (Phi) is 3.37. The highest BCUT2D eigenvalue weighted by Crippen LogP contribution is 2.43. The second-order valence-electron chi connectivity index (χ2n) is 3.71. The minimum absolute atomic E-state index is 0.235. The number of hydrogen-bond acceptors (Lipinski definition) is 4. The summed E-state index contributed by atoms with van der Waals surface area (Å²) in [5, 5.41) is 12.9. The SMILES string of the molecule is CNCC(O)c1cc2c(c(Br)c1C)OCO2. The van der Waals surface area contributed by atoms with Gasteiger partial charge in [0.05, 0.1) is 10.6 Å². The maximum absolute atomic E-state index is 9.98. The van der Waals surface area contributed by atoms with Gasteiger partial charge in [-0.25, -0.2) is 0 Å². The zero-order valence-corrected chi connectivity index (χ0v) is 10.8. The topological polar surface area (TPSA) is 50.7 Å². The molecule has 5 heteroatoms. The molecule has 0 saturated carbocycles. The van der Waals surface area contributed by atoms with Gasteiger partial charge in [0.15, 0.2) is 11.5 Å². The summed E-state index contributed by atoms with van der Waals surface area (Å²) in [6.45, 7) is 2.69. The van der Waals surface area contributed by atoms with Crippen molar-refractivity contribution in [3.05, 3.63) is 21.7 Å². The standard InChI is InChI=1S/C11H14BrNO3/c1-6-7(8(14)4-13-2)3-9-11(10(6)12)16-5-15-9/h3,8,13-14H,4-5H2,1-2H3. The van der Waals surface area contributed by atoms with Crippen LogP contribution in [0.2, 0.25) is 0 Å². The van der Waals surface area contributed by atoms with Gasteiger partial charge in [0.1, 0.15) is 0 Å².